The lowest BCUT2D eigenvalue weighted by Gasteiger charge is -2.13. The summed E-state index contributed by atoms with van der Waals surface area (Å²) in [4.78, 5) is 0. The van der Waals surface area contributed by atoms with Gasteiger partial charge >= 0.3 is 0 Å². The van der Waals surface area contributed by atoms with Gasteiger partial charge in [0, 0.05) is 9.51 Å². The van der Waals surface area contributed by atoms with Crippen LogP contribution in [0.5, 0.6) is 0 Å². The molecule has 0 saturated heterocycles. The van der Waals surface area contributed by atoms with E-state index >= 15 is 0 Å². The summed E-state index contributed by atoms with van der Waals surface area (Å²) in [6.45, 7) is 0. The van der Waals surface area contributed by atoms with E-state index in [0.717, 1.165) is 17.9 Å². The molecule has 1 aliphatic rings. The van der Waals surface area contributed by atoms with E-state index in [1.165, 1.54) is 15.6 Å². The SMILES string of the molecule is Clc1ccc2c(c1)C(Br)=CCC2. The minimum atomic E-state index is 0.806. The Morgan fingerprint density at radius 3 is 3.00 bits per heavy atom. The van der Waals surface area contributed by atoms with Crippen molar-refractivity contribution in [3.8, 4) is 0 Å². The van der Waals surface area contributed by atoms with Crippen molar-refractivity contribution >= 4 is 32.0 Å². The Hall–Kier alpha value is -0.270. The van der Waals surface area contributed by atoms with E-state index in [1.54, 1.807) is 0 Å². The predicted molar refractivity (Wildman–Crippen MR) is 56.7 cm³/mol. The summed E-state index contributed by atoms with van der Waals surface area (Å²) in [7, 11) is 0. The number of benzene rings is 1. The van der Waals surface area contributed by atoms with Gasteiger partial charge in [-0.05, 0) is 36.1 Å². The average Bonchev–Trinajstić information content (AvgIpc) is 2.07. The van der Waals surface area contributed by atoms with Crippen molar-refractivity contribution in [3.05, 3.63) is 40.4 Å². The second-order valence-electron chi connectivity index (χ2n) is 2.89. The molecule has 2 heteroatoms. The number of fused-ring (bicyclic) bond motifs is 1. The maximum Gasteiger partial charge on any atom is 0.0412 e. The molecule has 0 heterocycles. The lowest BCUT2D eigenvalue weighted by atomic mass is 9.98. The molecule has 0 nitrogen and oxygen atoms in total. The molecule has 0 amide bonds. The molecule has 0 aromatic heterocycles. The standard InChI is InChI=1S/C10H8BrCl/c11-10-3-1-2-7-4-5-8(12)6-9(7)10/h3-6H,1-2H2. The second kappa shape index (κ2) is 3.23. The zero-order valence-corrected chi connectivity index (χ0v) is 8.82. The molecule has 0 radical (unpaired) electrons. The maximum atomic E-state index is 5.89. The van der Waals surface area contributed by atoms with Crippen LogP contribution < -0.4 is 0 Å². The van der Waals surface area contributed by atoms with Gasteiger partial charge in [-0.1, -0.05) is 39.7 Å². The highest BCUT2D eigenvalue weighted by Gasteiger charge is 2.09. The van der Waals surface area contributed by atoms with E-state index in [9.17, 15) is 0 Å². The van der Waals surface area contributed by atoms with Crippen molar-refractivity contribution in [2.45, 2.75) is 12.8 Å². The molecule has 0 spiro atoms. The number of hydrogen-bond donors (Lipinski definition) is 0. The summed E-state index contributed by atoms with van der Waals surface area (Å²) in [5.74, 6) is 0. The zero-order valence-electron chi connectivity index (χ0n) is 6.48. The number of rotatable bonds is 0. The molecule has 0 unspecified atom stereocenters. The number of halogens is 2. The van der Waals surface area contributed by atoms with Gasteiger partial charge in [0.15, 0.2) is 0 Å². The van der Waals surface area contributed by atoms with Crippen LogP contribution in [0.1, 0.15) is 17.5 Å². The van der Waals surface area contributed by atoms with Crippen LogP contribution in [0.15, 0.2) is 24.3 Å². The molecule has 0 saturated carbocycles. The van der Waals surface area contributed by atoms with Gasteiger partial charge in [0.1, 0.15) is 0 Å². The lowest BCUT2D eigenvalue weighted by Crippen LogP contribution is -1.95. The van der Waals surface area contributed by atoms with Gasteiger partial charge in [-0.2, -0.15) is 0 Å². The van der Waals surface area contributed by atoms with Crippen molar-refractivity contribution in [1.82, 2.24) is 0 Å². The Morgan fingerprint density at radius 1 is 1.33 bits per heavy atom. The van der Waals surface area contributed by atoms with Crippen LogP contribution in [-0.2, 0) is 6.42 Å². The van der Waals surface area contributed by atoms with Crippen LogP contribution in [0.25, 0.3) is 4.48 Å². The van der Waals surface area contributed by atoms with Crippen LogP contribution in [0.4, 0.5) is 0 Å². The molecule has 2 rings (SSSR count). The molecule has 0 fully saturated rings. The molecule has 62 valence electrons. The van der Waals surface area contributed by atoms with E-state index in [1.807, 2.05) is 12.1 Å². The number of hydrogen-bond acceptors (Lipinski definition) is 0. The Bertz CT molecular complexity index is 342. The first-order valence-corrected chi connectivity index (χ1v) is 5.09. The van der Waals surface area contributed by atoms with E-state index in [0.29, 0.717) is 0 Å². The fourth-order valence-corrected chi connectivity index (χ4v) is 2.22. The Balaban J connectivity index is 2.58. The van der Waals surface area contributed by atoms with Crippen LogP contribution >= 0.6 is 27.5 Å². The molecule has 1 aromatic carbocycles. The van der Waals surface area contributed by atoms with Gasteiger partial charge in [0.05, 0.1) is 0 Å². The Morgan fingerprint density at radius 2 is 2.17 bits per heavy atom. The molecule has 0 aliphatic heterocycles. The highest BCUT2D eigenvalue weighted by Crippen LogP contribution is 2.32. The quantitative estimate of drug-likeness (QED) is 0.645. The largest absolute Gasteiger partial charge is 0.0843 e. The number of aryl methyl sites for hydroxylation is 1. The topological polar surface area (TPSA) is 0 Å². The zero-order chi connectivity index (χ0) is 8.55. The summed E-state index contributed by atoms with van der Waals surface area (Å²) in [5, 5.41) is 0.806. The predicted octanol–water partition coefficient (Wildman–Crippen LogP) is 4.02. The summed E-state index contributed by atoms with van der Waals surface area (Å²) >= 11 is 9.42. The monoisotopic (exact) mass is 242 g/mol. The number of allylic oxidation sites excluding steroid dienone is 1. The van der Waals surface area contributed by atoms with E-state index in [-0.39, 0.29) is 0 Å². The second-order valence-corrected chi connectivity index (χ2v) is 4.18. The third-order valence-corrected chi connectivity index (χ3v) is 3.05. The molecule has 0 atom stereocenters. The molecule has 1 aromatic rings. The summed E-state index contributed by atoms with van der Waals surface area (Å²) in [5.41, 5.74) is 2.63. The molecule has 0 N–H and O–H groups in total. The molecular formula is C10H8BrCl. The Labute approximate surface area is 85.4 Å². The molecular weight excluding hydrogens is 235 g/mol. The summed E-state index contributed by atoms with van der Waals surface area (Å²) in [6, 6.07) is 6.06. The fraction of sp³-hybridized carbons (Fsp3) is 0.200. The van der Waals surface area contributed by atoms with Gasteiger partial charge < -0.3 is 0 Å². The van der Waals surface area contributed by atoms with E-state index in [2.05, 4.69) is 28.1 Å². The normalized spacial score (nSPS) is 15.3. The van der Waals surface area contributed by atoms with Crippen LogP contribution in [0.2, 0.25) is 5.02 Å². The molecule has 1 aliphatic carbocycles. The third-order valence-electron chi connectivity index (χ3n) is 2.07. The fourth-order valence-electron chi connectivity index (χ4n) is 1.45. The Kier molecular flexibility index (Phi) is 2.24. The first kappa shape index (κ1) is 8.33. The van der Waals surface area contributed by atoms with Crippen LogP contribution in [-0.4, -0.2) is 0 Å². The molecule has 0 bridgehead atoms. The first-order chi connectivity index (χ1) is 5.77. The van der Waals surface area contributed by atoms with Crippen molar-refractivity contribution < 1.29 is 0 Å². The van der Waals surface area contributed by atoms with Gasteiger partial charge in [0.2, 0.25) is 0 Å². The highest BCUT2D eigenvalue weighted by molar-refractivity contribution is 9.15. The van der Waals surface area contributed by atoms with Crippen molar-refractivity contribution in [2.75, 3.05) is 0 Å². The van der Waals surface area contributed by atoms with Gasteiger partial charge in [-0.15, -0.1) is 0 Å². The van der Waals surface area contributed by atoms with E-state index in [4.69, 9.17) is 11.6 Å². The lowest BCUT2D eigenvalue weighted by molar-refractivity contribution is 0.984. The highest BCUT2D eigenvalue weighted by atomic mass is 79.9. The third kappa shape index (κ3) is 1.44. The average molecular weight is 244 g/mol. The molecule has 12 heavy (non-hydrogen) atoms. The van der Waals surface area contributed by atoms with Crippen molar-refractivity contribution in [1.29, 1.82) is 0 Å². The van der Waals surface area contributed by atoms with Gasteiger partial charge in [-0.25, -0.2) is 0 Å². The summed E-state index contributed by atoms with van der Waals surface area (Å²) < 4.78 is 1.17. The van der Waals surface area contributed by atoms with Crippen LogP contribution in [0.3, 0.4) is 0 Å². The summed E-state index contributed by atoms with van der Waals surface area (Å²) in [6.07, 6.45) is 4.44. The van der Waals surface area contributed by atoms with Gasteiger partial charge in [-0.3, -0.25) is 0 Å². The minimum Gasteiger partial charge on any atom is -0.0843 e. The van der Waals surface area contributed by atoms with Gasteiger partial charge in [0.25, 0.3) is 0 Å². The van der Waals surface area contributed by atoms with Crippen molar-refractivity contribution in [3.63, 3.8) is 0 Å². The van der Waals surface area contributed by atoms with Crippen molar-refractivity contribution in [2.24, 2.45) is 0 Å². The maximum absolute atomic E-state index is 5.89. The first-order valence-electron chi connectivity index (χ1n) is 3.92. The minimum absolute atomic E-state index is 0.806. The van der Waals surface area contributed by atoms with Crippen LogP contribution in [0, 0.1) is 0 Å². The van der Waals surface area contributed by atoms with E-state index < -0.39 is 0 Å². The smallest absolute Gasteiger partial charge is 0.0412 e.